The smallest absolute Gasteiger partial charge is 0.319 e. The van der Waals surface area contributed by atoms with E-state index in [1.54, 1.807) is 13.8 Å². The molecule has 1 atom stereocenters. The van der Waals surface area contributed by atoms with Crippen LogP contribution in [0.25, 0.3) is 0 Å². The van der Waals surface area contributed by atoms with Gasteiger partial charge in [-0.3, -0.25) is 9.59 Å². The number of esters is 1. The maximum absolute atomic E-state index is 14.1. The Kier molecular flexibility index (Phi) is 8.35. The van der Waals surface area contributed by atoms with E-state index in [0.717, 1.165) is 17.8 Å². The number of amides is 1. The fourth-order valence-corrected chi connectivity index (χ4v) is 3.10. The predicted molar refractivity (Wildman–Crippen MR) is 95.6 cm³/mol. The molecule has 140 valence electrons. The Balaban J connectivity index is 3.05. The van der Waals surface area contributed by atoms with Gasteiger partial charge in [-0.15, -0.1) is 11.8 Å². The van der Waals surface area contributed by atoms with Gasteiger partial charge in [-0.1, -0.05) is 20.8 Å². The van der Waals surface area contributed by atoms with Crippen molar-refractivity contribution < 1.29 is 23.1 Å². The number of carbonyl (C=O) groups excluding carboxylic acids is 2. The number of anilines is 1. The zero-order valence-electron chi connectivity index (χ0n) is 15.2. The molecule has 25 heavy (non-hydrogen) atoms. The van der Waals surface area contributed by atoms with Crippen molar-refractivity contribution in [2.75, 3.05) is 5.32 Å². The minimum atomic E-state index is -0.850. The molecule has 0 saturated carbocycles. The Labute approximate surface area is 151 Å². The third-order valence-corrected chi connectivity index (χ3v) is 4.77. The molecule has 1 aromatic carbocycles. The summed E-state index contributed by atoms with van der Waals surface area (Å²) in [7, 11) is 0. The molecular formula is C18H25F2NO3S. The summed E-state index contributed by atoms with van der Waals surface area (Å²) in [6.07, 6.45) is 0.581. The van der Waals surface area contributed by atoms with Crippen molar-refractivity contribution in [2.24, 2.45) is 5.92 Å². The van der Waals surface area contributed by atoms with Gasteiger partial charge in [0.2, 0.25) is 5.91 Å². The van der Waals surface area contributed by atoms with Gasteiger partial charge in [-0.2, -0.15) is 0 Å². The Morgan fingerprint density at radius 3 is 2.32 bits per heavy atom. The molecule has 0 aliphatic rings. The molecule has 0 aliphatic heterocycles. The second-order valence-electron chi connectivity index (χ2n) is 6.33. The third kappa shape index (κ3) is 6.65. The van der Waals surface area contributed by atoms with Gasteiger partial charge in [-0.05, 0) is 32.3 Å². The van der Waals surface area contributed by atoms with Crippen LogP contribution in [-0.4, -0.2) is 23.2 Å². The molecule has 0 bridgehead atoms. The zero-order valence-corrected chi connectivity index (χ0v) is 16.0. The highest BCUT2D eigenvalue weighted by Crippen LogP contribution is 2.34. The van der Waals surface area contributed by atoms with Crippen LogP contribution in [0, 0.1) is 17.6 Å². The fraction of sp³-hybridized carbons (Fsp3) is 0.556. The molecule has 1 unspecified atom stereocenters. The average Bonchev–Trinajstić information content (AvgIpc) is 2.47. The van der Waals surface area contributed by atoms with Crippen molar-refractivity contribution in [3.63, 3.8) is 0 Å². The van der Waals surface area contributed by atoms with Crippen LogP contribution >= 0.6 is 11.8 Å². The number of rotatable bonds is 8. The van der Waals surface area contributed by atoms with Crippen LogP contribution in [0.5, 0.6) is 0 Å². The molecule has 0 radical (unpaired) electrons. The number of hydrogen-bond donors (Lipinski definition) is 1. The topological polar surface area (TPSA) is 55.4 Å². The van der Waals surface area contributed by atoms with Gasteiger partial charge in [0.1, 0.15) is 16.9 Å². The second kappa shape index (κ2) is 9.75. The largest absolute Gasteiger partial charge is 0.462 e. The van der Waals surface area contributed by atoms with E-state index in [9.17, 15) is 18.4 Å². The van der Waals surface area contributed by atoms with Crippen LogP contribution in [0.1, 0.15) is 47.5 Å². The number of carbonyl (C=O) groups is 2. The maximum Gasteiger partial charge on any atom is 0.319 e. The number of nitrogens with one attached hydrogen (secondary N) is 1. The standard InChI is InChI=1S/C18H25F2NO3S/c1-6-7-16(22)21-14-9-15(13(20)8-12(14)19)25-17(10(2)3)18(23)24-11(4)5/h8-11,17H,6-7H2,1-5H3,(H,21,22). The van der Waals surface area contributed by atoms with Gasteiger partial charge in [-0.25, -0.2) is 8.78 Å². The summed E-state index contributed by atoms with van der Waals surface area (Å²) in [5.74, 6) is -2.53. The highest BCUT2D eigenvalue weighted by atomic mass is 32.2. The van der Waals surface area contributed by atoms with Gasteiger partial charge in [0.05, 0.1) is 11.8 Å². The van der Waals surface area contributed by atoms with Gasteiger partial charge in [0, 0.05) is 17.4 Å². The second-order valence-corrected chi connectivity index (χ2v) is 7.51. The van der Waals surface area contributed by atoms with E-state index in [1.165, 1.54) is 6.07 Å². The molecule has 1 aromatic rings. The van der Waals surface area contributed by atoms with Crippen molar-refractivity contribution in [1.29, 1.82) is 0 Å². The first-order valence-electron chi connectivity index (χ1n) is 8.31. The SMILES string of the molecule is CCCC(=O)Nc1cc(SC(C(=O)OC(C)C)C(C)C)c(F)cc1F. The molecular weight excluding hydrogens is 348 g/mol. The van der Waals surface area contributed by atoms with E-state index >= 15 is 0 Å². The lowest BCUT2D eigenvalue weighted by atomic mass is 10.1. The molecule has 0 spiro atoms. The lowest BCUT2D eigenvalue weighted by Gasteiger charge is -2.21. The van der Waals surface area contributed by atoms with Crippen molar-refractivity contribution >= 4 is 29.3 Å². The minimum Gasteiger partial charge on any atom is -0.462 e. The number of benzene rings is 1. The summed E-state index contributed by atoms with van der Waals surface area (Å²) in [6, 6.07) is 1.94. The summed E-state index contributed by atoms with van der Waals surface area (Å²) >= 11 is 0.969. The summed E-state index contributed by atoms with van der Waals surface area (Å²) in [4.78, 5) is 24.0. The first-order valence-corrected chi connectivity index (χ1v) is 9.19. The van der Waals surface area contributed by atoms with Crippen molar-refractivity contribution in [1.82, 2.24) is 0 Å². The maximum atomic E-state index is 14.1. The molecule has 0 saturated heterocycles. The van der Waals surface area contributed by atoms with E-state index in [4.69, 9.17) is 4.74 Å². The first-order chi connectivity index (χ1) is 11.6. The summed E-state index contributed by atoms with van der Waals surface area (Å²) in [6.45, 7) is 8.95. The lowest BCUT2D eigenvalue weighted by molar-refractivity contribution is -0.147. The van der Waals surface area contributed by atoms with Crippen LogP contribution < -0.4 is 5.32 Å². The Morgan fingerprint density at radius 1 is 1.16 bits per heavy atom. The number of thioether (sulfide) groups is 1. The zero-order chi connectivity index (χ0) is 19.1. The molecule has 7 heteroatoms. The van der Waals surface area contributed by atoms with Crippen LogP contribution in [0.4, 0.5) is 14.5 Å². The minimum absolute atomic E-state index is 0.0904. The van der Waals surface area contributed by atoms with E-state index in [-0.39, 0.29) is 34.9 Å². The normalized spacial score (nSPS) is 12.4. The van der Waals surface area contributed by atoms with Crippen LogP contribution in [-0.2, 0) is 14.3 Å². The van der Waals surface area contributed by atoms with Crippen LogP contribution in [0.3, 0.4) is 0 Å². The van der Waals surface area contributed by atoms with Crippen molar-refractivity contribution in [3.8, 4) is 0 Å². The van der Waals surface area contributed by atoms with Gasteiger partial charge in [0.15, 0.2) is 0 Å². The molecule has 0 aliphatic carbocycles. The van der Waals surface area contributed by atoms with Crippen molar-refractivity contribution in [3.05, 3.63) is 23.8 Å². The highest BCUT2D eigenvalue weighted by Gasteiger charge is 2.27. The van der Waals surface area contributed by atoms with E-state index in [0.29, 0.717) is 6.42 Å². The number of hydrogen-bond acceptors (Lipinski definition) is 4. The predicted octanol–water partition coefficient (Wildman–Crippen LogP) is 4.77. The highest BCUT2D eigenvalue weighted by molar-refractivity contribution is 8.00. The first kappa shape index (κ1) is 21.4. The monoisotopic (exact) mass is 373 g/mol. The van der Waals surface area contributed by atoms with Crippen LogP contribution in [0.2, 0.25) is 0 Å². The number of halogens is 2. The Bertz CT molecular complexity index is 621. The van der Waals surface area contributed by atoms with Gasteiger partial charge in [0.25, 0.3) is 0 Å². The lowest BCUT2D eigenvalue weighted by Crippen LogP contribution is -2.28. The van der Waals surface area contributed by atoms with E-state index in [1.807, 2.05) is 20.8 Å². The molecule has 4 nitrogen and oxygen atoms in total. The Hall–Kier alpha value is -1.63. The van der Waals surface area contributed by atoms with Gasteiger partial charge >= 0.3 is 5.97 Å². The summed E-state index contributed by atoms with van der Waals surface area (Å²) < 4.78 is 33.3. The van der Waals surface area contributed by atoms with Crippen LogP contribution in [0.15, 0.2) is 17.0 Å². The van der Waals surface area contributed by atoms with E-state index in [2.05, 4.69) is 5.32 Å². The average molecular weight is 373 g/mol. The quantitative estimate of drug-likeness (QED) is 0.527. The molecule has 0 aromatic heterocycles. The van der Waals surface area contributed by atoms with E-state index < -0.39 is 22.9 Å². The Morgan fingerprint density at radius 2 is 1.80 bits per heavy atom. The van der Waals surface area contributed by atoms with Gasteiger partial charge < -0.3 is 10.1 Å². The molecule has 1 amide bonds. The molecule has 0 heterocycles. The summed E-state index contributed by atoms with van der Waals surface area (Å²) in [5, 5.41) is 1.80. The number of ether oxygens (including phenoxy) is 1. The molecule has 1 rings (SSSR count). The summed E-state index contributed by atoms with van der Waals surface area (Å²) in [5.41, 5.74) is -0.0953. The molecule has 0 fully saturated rings. The third-order valence-electron chi connectivity index (χ3n) is 3.22. The van der Waals surface area contributed by atoms with Crippen molar-refractivity contribution in [2.45, 2.75) is 63.7 Å². The fourth-order valence-electron chi connectivity index (χ4n) is 2.05. The molecule has 1 N–H and O–H groups in total.